The molecule has 3 rings (SSSR count). The van der Waals surface area contributed by atoms with Crippen LogP contribution in [0.3, 0.4) is 0 Å². The van der Waals surface area contributed by atoms with Gasteiger partial charge in [-0.3, -0.25) is 14.6 Å². The number of carboxylic acid groups (broad SMARTS) is 1. The number of carboxylic acids is 1. The number of hydrogen-bond acceptors (Lipinski definition) is 4. The molecule has 5 heteroatoms. The summed E-state index contributed by atoms with van der Waals surface area (Å²) in [7, 11) is 0. The molecule has 0 spiro atoms. The number of rotatable bonds is 4. The van der Waals surface area contributed by atoms with Gasteiger partial charge in [-0.25, -0.2) is 0 Å². The van der Waals surface area contributed by atoms with Crippen LogP contribution in [-0.4, -0.2) is 66.8 Å². The summed E-state index contributed by atoms with van der Waals surface area (Å²) in [5, 5.41) is 8.83. The van der Waals surface area contributed by atoms with Crippen molar-refractivity contribution in [1.82, 2.24) is 9.80 Å². The fourth-order valence-corrected chi connectivity index (χ4v) is 3.18. The van der Waals surface area contributed by atoms with E-state index >= 15 is 0 Å². The third-order valence-electron chi connectivity index (χ3n) is 4.34. The molecule has 0 bridgehead atoms. The summed E-state index contributed by atoms with van der Waals surface area (Å²) in [6.45, 7) is 5.31. The summed E-state index contributed by atoms with van der Waals surface area (Å²) in [4.78, 5) is 15.1. The Kier molecular flexibility index (Phi) is 4.53. The van der Waals surface area contributed by atoms with Crippen LogP contribution in [-0.2, 0) is 16.0 Å². The molecule has 114 valence electrons. The van der Waals surface area contributed by atoms with Crippen molar-refractivity contribution in [2.45, 2.75) is 12.5 Å². The summed E-state index contributed by atoms with van der Waals surface area (Å²) in [6, 6.07) is 8.52. The van der Waals surface area contributed by atoms with Gasteiger partial charge in [-0.2, -0.15) is 0 Å². The van der Waals surface area contributed by atoms with Crippen molar-refractivity contribution in [1.29, 1.82) is 0 Å². The quantitative estimate of drug-likeness (QED) is 0.896. The minimum Gasteiger partial charge on any atom is -0.480 e. The average molecular weight is 290 g/mol. The van der Waals surface area contributed by atoms with Gasteiger partial charge in [-0.15, -0.1) is 0 Å². The van der Waals surface area contributed by atoms with Gasteiger partial charge in [0.25, 0.3) is 0 Å². The van der Waals surface area contributed by atoms with E-state index in [4.69, 9.17) is 9.84 Å². The molecule has 2 aliphatic heterocycles. The fourth-order valence-electron chi connectivity index (χ4n) is 3.18. The molecule has 0 amide bonds. The van der Waals surface area contributed by atoms with E-state index in [1.54, 1.807) is 0 Å². The van der Waals surface area contributed by atoms with Crippen LogP contribution in [0.4, 0.5) is 0 Å². The van der Waals surface area contributed by atoms with E-state index in [-0.39, 0.29) is 12.6 Å². The van der Waals surface area contributed by atoms with Gasteiger partial charge in [0.05, 0.1) is 19.3 Å². The zero-order valence-corrected chi connectivity index (χ0v) is 12.2. The standard InChI is InChI=1S/C16H22N2O3/c19-16(20)12-18-8-6-17(7-9-18)11-15-14-4-2-1-3-13(14)5-10-21-15/h1-4,15H,5-12H2,(H,19,20). The van der Waals surface area contributed by atoms with E-state index in [0.717, 1.165) is 45.8 Å². The molecule has 1 unspecified atom stereocenters. The Bertz CT molecular complexity index is 498. The molecular weight excluding hydrogens is 268 g/mol. The van der Waals surface area contributed by atoms with Crippen LogP contribution in [0.5, 0.6) is 0 Å². The van der Waals surface area contributed by atoms with Gasteiger partial charge in [0, 0.05) is 32.7 Å². The van der Waals surface area contributed by atoms with E-state index in [0.29, 0.717) is 0 Å². The average Bonchev–Trinajstić information content (AvgIpc) is 2.49. The van der Waals surface area contributed by atoms with Crippen molar-refractivity contribution in [2.24, 2.45) is 0 Å². The molecule has 0 aliphatic carbocycles. The molecule has 0 aromatic heterocycles. The molecule has 1 N–H and O–H groups in total. The first-order valence-electron chi connectivity index (χ1n) is 7.58. The van der Waals surface area contributed by atoms with E-state index in [1.807, 2.05) is 4.90 Å². The molecule has 1 fully saturated rings. The Morgan fingerprint density at radius 2 is 1.90 bits per heavy atom. The van der Waals surface area contributed by atoms with Gasteiger partial charge in [-0.05, 0) is 17.5 Å². The molecule has 2 heterocycles. The number of ether oxygens (including phenoxy) is 1. The zero-order chi connectivity index (χ0) is 14.7. The summed E-state index contributed by atoms with van der Waals surface area (Å²) in [6.07, 6.45) is 1.15. The number of hydrogen-bond donors (Lipinski definition) is 1. The van der Waals surface area contributed by atoms with Crippen molar-refractivity contribution in [2.75, 3.05) is 45.9 Å². The van der Waals surface area contributed by atoms with Crippen LogP contribution in [0.15, 0.2) is 24.3 Å². The van der Waals surface area contributed by atoms with Crippen LogP contribution in [0.1, 0.15) is 17.2 Å². The Balaban J connectivity index is 1.56. The predicted molar refractivity (Wildman–Crippen MR) is 79.4 cm³/mol. The molecule has 1 aromatic carbocycles. The topological polar surface area (TPSA) is 53.0 Å². The molecule has 5 nitrogen and oxygen atoms in total. The van der Waals surface area contributed by atoms with E-state index < -0.39 is 5.97 Å². The SMILES string of the molecule is O=C(O)CN1CCN(CC2OCCc3ccccc32)CC1. The molecule has 0 radical (unpaired) electrons. The number of carbonyl (C=O) groups is 1. The van der Waals surface area contributed by atoms with Crippen molar-refractivity contribution < 1.29 is 14.6 Å². The Morgan fingerprint density at radius 3 is 2.67 bits per heavy atom. The van der Waals surface area contributed by atoms with Crippen molar-refractivity contribution in [3.63, 3.8) is 0 Å². The van der Waals surface area contributed by atoms with Crippen LogP contribution >= 0.6 is 0 Å². The first kappa shape index (κ1) is 14.5. The van der Waals surface area contributed by atoms with Crippen LogP contribution in [0.2, 0.25) is 0 Å². The lowest BCUT2D eigenvalue weighted by Gasteiger charge is -2.37. The lowest BCUT2D eigenvalue weighted by molar-refractivity contribution is -0.138. The second-order valence-corrected chi connectivity index (χ2v) is 5.78. The normalized spacial score (nSPS) is 23.7. The monoisotopic (exact) mass is 290 g/mol. The number of piperazine rings is 1. The smallest absolute Gasteiger partial charge is 0.317 e. The largest absolute Gasteiger partial charge is 0.480 e. The highest BCUT2D eigenvalue weighted by Crippen LogP contribution is 2.27. The Morgan fingerprint density at radius 1 is 1.19 bits per heavy atom. The molecule has 1 aromatic rings. The fraction of sp³-hybridized carbons (Fsp3) is 0.562. The molecule has 0 saturated carbocycles. The first-order valence-corrected chi connectivity index (χ1v) is 7.58. The Hall–Kier alpha value is -1.43. The molecule has 21 heavy (non-hydrogen) atoms. The second-order valence-electron chi connectivity index (χ2n) is 5.78. The van der Waals surface area contributed by atoms with Crippen molar-refractivity contribution in [3.8, 4) is 0 Å². The summed E-state index contributed by atoms with van der Waals surface area (Å²) < 4.78 is 5.95. The third-order valence-corrected chi connectivity index (χ3v) is 4.34. The van der Waals surface area contributed by atoms with E-state index in [2.05, 4.69) is 29.2 Å². The van der Waals surface area contributed by atoms with Gasteiger partial charge in [0.1, 0.15) is 0 Å². The molecular formula is C16H22N2O3. The highest BCUT2D eigenvalue weighted by Gasteiger charge is 2.25. The summed E-state index contributed by atoms with van der Waals surface area (Å²) in [5.74, 6) is -0.743. The second kappa shape index (κ2) is 6.56. The third kappa shape index (κ3) is 3.61. The summed E-state index contributed by atoms with van der Waals surface area (Å²) in [5.41, 5.74) is 2.72. The minimum atomic E-state index is -0.743. The van der Waals surface area contributed by atoms with Gasteiger partial charge < -0.3 is 9.84 Å². The van der Waals surface area contributed by atoms with Crippen LogP contribution < -0.4 is 0 Å². The van der Waals surface area contributed by atoms with E-state index in [9.17, 15) is 4.79 Å². The highest BCUT2D eigenvalue weighted by atomic mass is 16.5. The number of aliphatic carboxylic acids is 1. The lowest BCUT2D eigenvalue weighted by Crippen LogP contribution is -2.49. The maximum Gasteiger partial charge on any atom is 0.317 e. The number of benzene rings is 1. The molecule has 2 aliphatic rings. The van der Waals surface area contributed by atoms with Gasteiger partial charge in [0.15, 0.2) is 0 Å². The predicted octanol–water partition coefficient (Wildman–Crippen LogP) is 1.00. The molecule has 1 saturated heterocycles. The van der Waals surface area contributed by atoms with E-state index in [1.165, 1.54) is 11.1 Å². The van der Waals surface area contributed by atoms with Crippen LogP contribution in [0, 0.1) is 0 Å². The zero-order valence-electron chi connectivity index (χ0n) is 12.2. The van der Waals surface area contributed by atoms with Crippen molar-refractivity contribution in [3.05, 3.63) is 35.4 Å². The molecule has 1 atom stereocenters. The first-order chi connectivity index (χ1) is 10.2. The van der Waals surface area contributed by atoms with Crippen LogP contribution in [0.25, 0.3) is 0 Å². The maximum absolute atomic E-state index is 10.7. The van der Waals surface area contributed by atoms with Gasteiger partial charge in [0.2, 0.25) is 0 Å². The Labute approximate surface area is 125 Å². The van der Waals surface area contributed by atoms with Gasteiger partial charge in [-0.1, -0.05) is 24.3 Å². The highest BCUT2D eigenvalue weighted by molar-refractivity contribution is 5.69. The maximum atomic E-state index is 10.7. The summed E-state index contributed by atoms with van der Waals surface area (Å²) >= 11 is 0. The number of nitrogens with zero attached hydrogens (tertiary/aromatic N) is 2. The lowest BCUT2D eigenvalue weighted by atomic mass is 9.97. The number of fused-ring (bicyclic) bond motifs is 1. The van der Waals surface area contributed by atoms with Crippen molar-refractivity contribution >= 4 is 5.97 Å². The minimum absolute atomic E-state index is 0.149. The van der Waals surface area contributed by atoms with Gasteiger partial charge >= 0.3 is 5.97 Å².